The molecule has 0 aromatic rings. The maximum absolute atomic E-state index is 12.0. The summed E-state index contributed by atoms with van der Waals surface area (Å²) in [6, 6.07) is 0.221. The Hall–Kier alpha value is -0.370. The first-order chi connectivity index (χ1) is 8.40. The molecule has 19 heavy (non-hydrogen) atoms. The predicted molar refractivity (Wildman–Crippen MR) is 78.0 cm³/mol. The van der Waals surface area contributed by atoms with Gasteiger partial charge in [0.1, 0.15) is 5.75 Å². The number of amides is 1. The normalized spacial score (nSPS) is 20.2. The van der Waals surface area contributed by atoms with E-state index >= 15 is 0 Å². The van der Waals surface area contributed by atoms with Gasteiger partial charge in [0.15, 0.2) is 0 Å². The highest BCUT2D eigenvalue weighted by molar-refractivity contribution is 7.89. The molecule has 6 nitrogen and oxygen atoms in total. The molecular formula is C11H24ClN3O3S. The number of piperazine rings is 1. The average Bonchev–Trinajstić information content (AvgIpc) is 2.29. The van der Waals surface area contributed by atoms with E-state index in [0.717, 1.165) is 6.54 Å². The van der Waals surface area contributed by atoms with Crippen molar-refractivity contribution in [2.75, 3.05) is 38.5 Å². The van der Waals surface area contributed by atoms with Crippen molar-refractivity contribution in [1.29, 1.82) is 0 Å². The summed E-state index contributed by atoms with van der Waals surface area (Å²) in [7, 11) is -3.47. The Labute approximate surface area is 122 Å². The van der Waals surface area contributed by atoms with Crippen LogP contribution in [-0.4, -0.2) is 68.0 Å². The lowest BCUT2D eigenvalue weighted by Gasteiger charge is -2.32. The van der Waals surface area contributed by atoms with E-state index in [1.165, 1.54) is 4.31 Å². The minimum atomic E-state index is -3.47. The largest absolute Gasteiger partial charge is 0.339 e. The zero-order chi connectivity index (χ0) is 13.8. The lowest BCUT2D eigenvalue weighted by Crippen LogP contribution is -2.53. The van der Waals surface area contributed by atoms with Gasteiger partial charge < -0.3 is 10.2 Å². The number of halogens is 1. The van der Waals surface area contributed by atoms with Crippen molar-refractivity contribution < 1.29 is 13.2 Å². The Morgan fingerprint density at radius 2 is 1.95 bits per heavy atom. The molecule has 0 aromatic carbocycles. The van der Waals surface area contributed by atoms with Crippen LogP contribution in [0.5, 0.6) is 0 Å². The highest BCUT2D eigenvalue weighted by atomic mass is 35.5. The van der Waals surface area contributed by atoms with E-state index in [4.69, 9.17) is 0 Å². The van der Waals surface area contributed by atoms with Crippen LogP contribution in [0.2, 0.25) is 0 Å². The van der Waals surface area contributed by atoms with Crippen molar-refractivity contribution in [3.05, 3.63) is 0 Å². The van der Waals surface area contributed by atoms with Crippen molar-refractivity contribution in [2.24, 2.45) is 0 Å². The molecule has 114 valence electrons. The third kappa shape index (κ3) is 5.25. The van der Waals surface area contributed by atoms with E-state index in [-0.39, 0.29) is 24.4 Å². The molecule has 0 spiro atoms. The van der Waals surface area contributed by atoms with Gasteiger partial charge >= 0.3 is 0 Å². The first kappa shape index (κ1) is 18.6. The summed E-state index contributed by atoms with van der Waals surface area (Å²) in [5.41, 5.74) is 0. The molecule has 8 heteroatoms. The second kappa shape index (κ2) is 8.04. The van der Waals surface area contributed by atoms with E-state index in [0.29, 0.717) is 26.2 Å². The summed E-state index contributed by atoms with van der Waals surface area (Å²) < 4.78 is 25.3. The van der Waals surface area contributed by atoms with Gasteiger partial charge in [-0.3, -0.25) is 4.79 Å². The SMILES string of the molecule is CCN(CC)S(=O)(=O)CC(=O)N1CCNC(C)C1.Cl. The third-order valence-electron chi connectivity index (χ3n) is 3.13. The summed E-state index contributed by atoms with van der Waals surface area (Å²) in [5, 5.41) is 3.22. The van der Waals surface area contributed by atoms with Gasteiger partial charge in [-0.15, -0.1) is 12.4 Å². The fourth-order valence-electron chi connectivity index (χ4n) is 2.11. The molecule has 0 bridgehead atoms. The Morgan fingerprint density at radius 1 is 1.37 bits per heavy atom. The smallest absolute Gasteiger partial charge is 0.239 e. The molecule has 1 saturated heterocycles. The van der Waals surface area contributed by atoms with Gasteiger partial charge in [0.05, 0.1) is 0 Å². The molecule has 1 amide bonds. The number of sulfonamides is 1. The molecule has 1 unspecified atom stereocenters. The zero-order valence-corrected chi connectivity index (χ0v) is 13.4. The predicted octanol–water partition coefficient (Wildman–Crippen LogP) is -0.0999. The summed E-state index contributed by atoms with van der Waals surface area (Å²) in [5.74, 6) is -0.711. The number of carbonyl (C=O) groups excluding carboxylic acids is 1. The van der Waals surface area contributed by atoms with E-state index in [9.17, 15) is 13.2 Å². The third-order valence-corrected chi connectivity index (χ3v) is 5.04. The molecule has 1 rings (SSSR count). The van der Waals surface area contributed by atoms with E-state index in [1.807, 2.05) is 6.92 Å². The van der Waals surface area contributed by atoms with Crippen LogP contribution in [0.1, 0.15) is 20.8 Å². The first-order valence-electron chi connectivity index (χ1n) is 6.39. The standard InChI is InChI=1S/C11H23N3O3S.ClH/c1-4-14(5-2)18(16,17)9-11(15)13-7-6-12-10(3)8-13;/h10,12H,4-9H2,1-3H3;1H. The maximum Gasteiger partial charge on any atom is 0.239 e. The molecule has 0 radical (unpaired) electrons. The number of hydrogen-bond acceptors (Lipinski definition) is 4. The summed E-state index contributed by atoms with van der Waals surface area (Å²) in [6.07, 6.45) is 0. The molecule has 0 saturated carbocycles. The molecule has 0 aromatic heterocycles. The number of nitrogens with zero attached hydrogens (tertiary/aromatic N) is 2. The molecular weight excluding hydrogens is 290 g/mol. The second-order valence-corrected chi connectivity index (χ2v) is 6.50. The molecule has 1 heterocycles. The zero-order valence-electron chi connectivity index (χ0n) is 11.8. The van der Waals surface area contributed by atoms with Gasteiger partial charge in [0.25, 0.3) is 0 Å². The van der Waals surface area contributed by atoms with Crippen molar-refractivity contribution in [3.63, 3.8) is 0 Å². The fourth-order valence-corrected chi connectivity index (χ4v) is 3.58. The summed E-state index contributed by atoms with van der Waals surface area (Å²) in [6.45, 7) is 8.23. The van der Waals surface area contributed by atoms with Gasteiger partial charge in [-0.05, 0) is 6.92 Å². The number of rotatable bonds is 5. The Morgan fingerprint density at radius 3 is 2.42 bits per heavy atom. The quantitative estimate of drug-likeness (QED) is 0.769. The van der Waals surface area contributed by atoms with Crippen LogP contribution < -0.4 is 5.32 Å². The van der Waals surface area contributed by atoms with E-state index in [2.05, 4.69) is 5.32 Å². The number of carbonyl (C=O) groups is 1. The monoisotopic (exact) mass is 313 g/mol. The number of hydrogen-bond donors (Lipinski definition) is 1. The van der Waals surface area contributed by atoms with Crippen LogP contribution in [0.25, 0.3) is 0 Å². The van der Waals surface area contributed by atoms with Crippen LogP contribution in [0, 0.1) is 0 Å². The highest BCUT2D eigenvalue weighted by Gasteiger charge is 2.27. The Kier molecular flexibility index (Phi) is 7.88. The molecule has 1 aliphatic rings. The number of nitrogens with one attached hydrogen (secondary N) is 1. The van der Waals surface area contributed by atoms with Gasteiger partial charge in [0, 0.05) is 38.8 Å². The van der Waals surface area contributed by atoms with Crippen LogP contribution in [0.4, 0.5) is 0 Å². The van der Waals surface area contributed by atoms with Crippen molar-refractivity contribution in [1.82, 2.24) is 14.5 Å². The highest BCUT2D eigenvalue weighted by Crippen LogP contribution is 2.05. The second-order valence-electron chi connectivity index (χ2n) is 4.54. The molecule has 1 N–H and O–H groups in total. The van der Waals surface area contributed by atoms with Crippen molar-refractivity contribution in [2.45, 2.75) is 26.8 Å². The van der Waals surface area contributed by atoms with Crippen molar-refractivity contribution >= 4 is 28.3 Å². The van der Waals surface area contributed by atoms with E-state index < -0.39 is 15.8 Å². The maximum atomic E-state index is 12.0. The molecule has 1 atom stereocenters. The van der Waals surface area contributed by atoms with Gasteiger partial charge in [-0.1, -0.05) is 13.8 Å². The van der Waals surface area contributed by atoms with Crippen LogP contribution >= 0.6 is 12.4 Å². The van der Waals surface area contributed by atoms with E-state index in [1.54, 1.807) is 18.7 Å². The van der Waals surface area contributed by atoms with Crippen LogP contribution in [0.3, 0.4) is 0 Å². The van der Waals surface area contributed by atoms with Gasteiger partial charge in [-0.25, -0.2) is 12.7 Å². The summed E-state index contributed by atoms with van der Waals surface area (Å²) in [4.78, 5) is 13.6. The topological polar surface area (TPSA) is 69.7 Å². The summed E-state index contributed by atoms with van der Waals surface area (Å²) >= 11 is 0. The molecule has 1 fully saturated rings. The molecule has 1 aliphatic heterocycles. The molecule has 0 aliphatic carbocycles. The first-order valence-corrected chi connectivity index (χ1v) is 8.00. The van der Waals surface area contributed by atoms with Crippen LogP contribution in [-0.2, 0) is 14.8 Å². The lowest BCUT2D eigenvalue weighted by molar-refractivity contribution is -0.129. The minimum Gasteiger partial charge on any atom is -0.339 e. The Balaban J connectivity index is 0.00000324. The Bertz CT molecular complexity index is 385. The minimum absolute atomic E-state index is 0. The van der Waals surface area contributed by atoms with Crippen LogP contribution in [0.15, 0.2) is 0 Å². The van der Waals surface area contributed by atoms with Gasteiger partial charge in [-0.2, -0.15) is 0 Å². The van der Waals surface area contributed by atoms with Gasteiger partial charge in [0.2, 0.25) is 15.9 Å². The average molecular weight is 314 g/mol. The van der Waals surface area contributed by atoms with Crippen molar-refractivity contribution in [3.8, 4) is 0 Å². The lowest BCUT2D eigenvalue weighted by atomic mass is 10.2. The fraction of sp³-hybridized carbons (Fsp3) is 0.909.